The monoisotopic (exact) mass is 271 g/mol. The Morgan fingerprint density at radius 2 is 1.90 bits per heavy atom. The Kier molecular flexibility index (Phi) is 4.06. The minimum absolute atomic E-state index is 0.144. The summed E-state index contributed by atoms with van der Waals surface area (Å²) in [6, 6.07) is 9.81. The van der Waals surface area contributed by atoms with E-state index >= 15 is 0 Å². The number of hydrogen-bond donors (Lipinski definition) is 0. The van der Waals surface area contributed by atoms with Crippen molar-refractivity contribution in [1.82, 2.24) is 9.80 Å². The quantitative estimate of drug-likeness (QED) is 0.826. The molecule has 3 nitrogen and oxygen atoms in total. The van der Waals surface area contributed by atoms with Crippen LogP contribution in [0.3, 0.4) is 0 Å². The second kappa shape index (κ2) is 5.96. The second-order valence-electron chi connectivity index (χ2n) is 6.03. The van der Waals surface area contributed by atoms with Gasteiger partial charge in [-0.05, 0) is 63.0 Å². The van der Waals surface area contributed by atoms with E-state index in [4.69, 9.17) is 0 Å². The third-order valence-corrected chi connectivity index (χ3v) is 4.62. The van der Waals surface area contributed by atoms with Gasteiger partial charge in [-0.2, -0.15) is 0 Å². The molecular formula is C17H23N2O. The van der Waals surface area contributed by atoms with E-state index in [1.54, 1.807) is 0 Å². The van der Waals surface area contributed by atoms with E-state index in [0.717, 1.165) is 25.9 Å². The van der Waals surface area contributed by atoms with Crippen LogP contribution in [-0.4, -0.2) is 42.4 Å². The molecule has 0 saturated carbocycles. The van der Waals surface area contributed by atoms with Gasteiger partial charge in [-0.1, -0.05) is 12.5 Å². The highest BCUT2D eigenvalue weighted by Gasteiger charge is 2.22. The van der Waals surface area contributed by atoms with Crippen LogP contribution >= 0.6 is 0 Å². The van der Waals surface area contributed by atoms with Crippen molar-refractivity contribution < 1.29 is 4.79 Å². The molecule has 1 unspecified atom stereocenters. The van der Waals surface area contributed by atoms with Crippen LogP contribution in [0.15, 0.2) is 18.2 Å². The molecule has 0 bridgehead atoms. The smallest absolute Gasteiger partial charge is 0.254 e. The summed E-state index contributed by atoms with van der Waals surface area (Å²) in [4.78, 5) is 16.6. The highest BCUT2D eigenvalue weighted by Crippen LogP contribution is 2.29. The predicted molar refractivity (Wildman–Crippen MR) is 79.6 cm³/mol. The van der Waals surface area contributed by atoms with E-state index in [2.05, 4.69) is 24.1 Å². The van der Waals surface area contributed by atoms with Crippen molar-refractivity contribution in [2.45, 2.75) is 38.1 Å². The van der Waals surface area contributed by atoms with Gasteiger partial charge in [0.15, 0.2) is 0 Å². The molecule has 2 aliphatic rings. The third kappa shape index (κ3) is 2.73. The lowest BCUT2D eigenvalue weighted by molar-refractivity contribution is 0.0792. The molecule has 0 spiro atoms. The lowest BCUT2D eigenvalue weighted by atomic mass is 9.95. The second-order valence-corrected chi connectivity index (χ2v) is 6.03. The Balaban J connectivity index is 1.72. The molecule has 2 aliphatic heterocycles. The van der Waals surface area contributed by atoms with Crippen LogP contribution in [0.5, 0.6) is 0 Å². The first-order chi connectivity index (χ1) is 9.75. The maximum atomic E-state index is 12.3. The Labute approximate surface area is 121 Å². The number of hydrogen-bond acceptors (Lipinski definition) is 2. The van der Waals surface area contributed by atoms with Crippen LogP contribution in [0.25, 0.3) is 0 Å². The van der Waals surface area contributed by atoms with Crippen LogP contribution in [0.4, 0.5) is 0 Å². The van der Waals surface area contributed by atoms with Crippen molar-refractivity contribution in [3.8, 4) is 0 Å². The average Bonchev–Trinajstić information content (AvgIpc) is 3.01. The summed E-state index contributed by atoms with van der Waals surface area (Å²) in [5.41, 5.74) is 2.01. The molecule has 2 saturated heterocycles. The summed E-state index contributed by atoms with van der Waals surface area (Å²) >= 11 is 0. The van der Waals surface area contributed by atoms with Crippen molar-refractivity contribution in [1.29, 1.82) is 0 Å². The summed E-state index contributed by atoms with van der Waals surface area (Å²) < 4.78 is 0. The Morgan fingerprint density at radius 1 is 1.15 bits per heavy atom. The zero-order valence-corrected chi connectivity index (χ0v) is 12.3. The van der Waals surface area contributed by atoms with Crippen molar-refractivity contribution in [2.75, 3.05) is 26.7 Å². The van der Waals surface area contributed by atoms with Crippen molar-refractivity contribution >= 4 is 5.91 Å². The highest BCUT2D eigenvalue weighted by molar-refractivity contribution is 5.94. The van der Waals surface area contributed by atoms with Crippen molar-refractivity contribution in [3.63, 3.8) is 0 Å². The first-order valence-corrected chi connectivity index (χ1v) is 7.77. The Bertz CT molecular complexity index is 462. The first kappa shape index (κ1) is 13.6. The number of piperidine rings is 1. The van der Waals surface area contributed by atoms with Crippen molar-refractivity contribution in [2.24, 2.45) is 0 Å². The number of carbonyl (C=O) groups excluding carboxylic acids is 1. The topological polar surface area (TPSA) is 23.6 Å². The lowest BCUT2D eigenvalue weighted by Gasteiger charge is -2.32. The molecular weight excluding hydrogens is 248 g/mol. The number of carbonyl (C=O) groups is 1. The van der Waals surface area contributed by atoms with Gasteiger partial charge in [0.1, 0.15) is 0 Å². The predicted octanol–water partition coefficient (Wildman–Crippen LogP) is 2.88. The van der Waals surface area contributed by atoms with Crippen LogP contribution < -0.4 is 0 Å². The van der Waals surface area contributed by atoms with Gasteiger partial charge in [-0.25, -0.2) is 0 Å². The largest absolute Gasteiger partial charge is 0.339 e. The minimum atomic E-state index is 0.144. The van der Waals surface area contributed by atoms with Gasteiger partial charge >= 0.3 is 0 Å². The molecule has 0 aliphatic carbocycles. The van der Waals surface area contributed by atoms with Gasteiger partial charge < -0.3 is 4.90 Å². The molecule has 1 radical (unpaired) electrons. The average molecular weight is 271 g/mol. The number of likely N-dealkylation sites (tertiary alicyclic amines) is 2. The fourth-order valence-electron chi connectivity index (χ4n) is 3.36. The van der Waals surface area contributed by atoms with E-state index in [1.807, 2.05) is 17.0 Å². The summed E-state index contributed by atoms with van der Waals surface area (Å²) in [7, 11) is 2.19. The SMILES string of the molecule is CN1CCCCC1c1c[c]c(C(=O)N2CCCC2)cc1. The van der Waals surface area contributed by atoms with Crippen LogP contribution in [-0.2, 0) is 0 Å². The molecule has 20 heavy (non-hydrogen) atoms. The molecule has 1 aromatic rings. The maximum Gasteiger partial charge on any atom is 0.254 e. The standard InChI is InChI=1S/C17H23N2O/c1-18-11-3-2-6-16(18)14-7-9-15(10-8-14)17(20)19-12-4-5-13-19/h7-9,16H,2-6,11-13H2,1H3. The van der Waals surface area contributed by atoms with Gasteiger partial charge in [0.25, 0.3) is 5.91 Å². The van der Waals surface area contributed by atoms with Crippen LogP contribution in [0.2, 0.25) is 0 Å². The molecule has 1 amide bonds. The van der Waals surface area contributed by atoms with E-state index in [-0.39, 0.29) is 5.91 Å². The summed E-state index contributed by atoms with van der Waals surface area (Å²) in [5, 5.41) is 0. The molecule has 107 valence electrons. The lowest BCUT2D eigenvalue weighted by Crippen LogP contribution is -2.30. The Hall–Kier alpha value is -1.35. The fraction of sp³-hybridized carbons (Fsp3) is 0.588. The third-order valence-electron chi connectivity index (χ3n) is 4.62. The molecule has 2 heterocycles. The molecule has 3 heteroatoms. The first-order valence-electron chi connectivity index (χ1n) is 7.77. The minimum Gasteiger partial charge on any atom is -0.339 e. The van der Waals surface area contributed by atoms with Gasteiger partial charge in [-0.15, -0.1) is 0 Å². The summed E-state index contributed by atoms with van der Waals surface area (Å²) in [6.45, 7) is 2.97. The van der Waals surface area contributed by atoms with E-state index in [1.165, 1.54) is 31.4 Å². The normalized spacial score (nSPS) is 24.1. The molecule has 1 aromatic carbocycles. The van der Waals surface area contributed by atoms with Gasteiger partial charge in [-0.3, -0.25) is 9.69 Å². The van der Waals surface area contributed by atoms with Gasteiger partial charge in [0, 0.05) is 24.7 Å². The molecule has 0 N–H and O–H groups in total. The maximum absolute atomic E-state index is 12.3. The van der Waals surface area contributed by atoms with Crippen molar-refractivity contribution in [3.05, 3.63) is 35.4 Å². The number of benzene rings is 1. The molecule has 2 fully saturated rings. The zero-order chi connectivity index (χ0) is 13.9. The summed E-state index contributed by atoms with van der Waals surface area (Å²) in [6.07, 6.45) is 6.07. The number of amides is 1. The molecule has 3 rings (SSSR count). The summed E-state index contributed by atoms with van der Waals surface area (Å²) in [5.74, 6) is 0.144. The fourth-order valence-corrected chi connectivity index (χ4v) is 3.36. The zero-order valence-electron chi connectivity index (χ0n) is 12.3. The van der Waals surface area contributed by atoms with E-state index in [9.17, 15) is 4.79 Å². The molecule has 0 aromatic heterocycles. The van der Waals surface area contributed by atoms with E-state index in [0.29, 0.717) is 11.6 Å². The Morgan fingerprint density at radius 3 is 2.55 bits per heavy atom. The highest BCUT2D eigenvalue weighted by atomic mass is 16.2. The number of nitrogens with zero attached hydrogens (tertiary/aromatic N) is 2. The van der Waals surface area contributed by atoms with Gasteiger partial charge in [0.2, 0.25) is 0 Å². The number of rotatable bonds is 2. The van der Waals surface area contributed by atoms with E-state index < -0.39 is 0 Å². The van der Waals surface area contributed by atoms with Gasteiger partial charge in [0.05, 0.1) is 0 Å². The van der Waals surface area contributed by atoms with Crippen LogP contribution in [0, 0.1) is 6.07 Å². The molecule has 1 atom stereocenters. The van der Waals surface area contributed by atoms with Crippen LogP contribution in [0.1, 0.15) is 54.1 Å².